The Morgan fingerprint density at radius 2 is 2.05 bits per heavy atom. The van der Waals surface area contributed by atoms with Gasteiger partial charge in [-0.1, -0.05) is 15.9 Å². The van der Waals surface area contributed by atoms with E-state index in [-0.39, 0.29) is 5.78 Å². The van der Waals surface area contributed by atoms with Crippen LogP contribution in [0.3, 0.4) is 0 Å². The molecule has 0 N–H and O–H groups in total. The molecule has 104 valence electrons. The SMILES string of the molecule is CC(=O)c1cc(Br)ccc1N(C)CCN1CCCC1. The summed E-state index contributed by atoms with van der Waals surface area (Å²) >= 11 is 3.43. The van der Waals surface area contributed by atoms with E-state index in [0.717, 1.165) is 28.8 Å². The van der Waals surface area contributed by atoms with Gasteiger partial charge in [-0.25, -0.2) is 0 Å². The molecule has 1 heterocycles. The molecule has 1 aromatic rings. The first-order valence-corrected chi connectivity index (χ1v) is 7.61. The molecule has 0 amide bonds. The lowest BCUT2D eigenvalue weighted by Gasteiger charge is -2.24. The Bertz CT molecular complexity index is 455. The van der Waals surface area contributed by atoms with Crippen LogP contribution >= 0.6 is 15.9 Å². The normalized spacial score (nSPS) is 15.7. The van der Waals surface area contributed by atoms with Crippen LogP contribution < -0.4 is 4.90 Å². The van der Waals surface area contributed by atoms with Crippen molar-refractivity contribution < 1.29 is 4.79 Å². The standard InChI is InChI=1S/C15H21BrN2O/c1-12(19)14-11-13(16)5-6-15(14)17(2)9-10-18-7-3-4-8-18/h5-6,11H,3-4,7-10H2,1-2H3. The molecule has 0 radical (unpaired) electrons. The van der Waals surface area contributed by atoms with Gasteiger partial charge in [0.25, 0.3) is 0 Å². The van der Waals surface area contributed by atoms with Gasteiger partial charge in [-0.3, -0.25) is 4.79 Å². The molecule has 2 rings (SSSR count). The number of likely N-dealkylation sites (tertiary alicyclic amines) is 1. The Hall–Kier alpha value is -0.870. The summed E-state index contributed by atoms with van der Waals surface area (Å²) in [5, 5.41) is 0. The highest BCUT2D eigenvalue weighted by Gasteiger charge is 2.15. The Morgan fingerprint density at radius 3 is 2.68 bits per heavy atom. The van der Waals surface area contributed by atoms with Gasteiger partial charge >= 0.3 is 0 Å². The molecule has 4 heteroatoms. The molecule has 19 heavy (non-hydrogen) atoms. The molecule has 1 fully saturated rings. The number of nitrogens with zero attached hydrogens (tertiary/aromatic N) is 2. The fourth-order valence-electron chi connectivity index (χ4n) is 2.54. The second-order valence-electron chi connectivity index (χ2n) is 5.19. The molecule has 1 aliphatic rings. The number of Topliss-reactive ketones (excluding diaryl/α,β-unsaturated/α-hetero) is 1. The van der Waals surface area contributed by atoms with Crippen LogP contribution in [0.4, 0.5) is 5.69 Å². The maximum atomic E-state index is 11.7. The highest BCUT2D eigenvalue weighted by Crippen LogP contribution is 2.24. The van der Waals surface area contributed by atoms with Crippen molar-refractivity contribution in [3.8, 4) is 0 Å². The molecule has 0 unspecified atom stereocenters. The van der Waals surface area contributed by atoms with E-state index >= 15 is 0 Å². The Morgan fingerprint density at radius 1 is 1.37 bits per heavy atom. The van der Waals surface area contributed by atoms with Crippen LogP contribution in [0, 0.1) is 0 Å². The second-order valence-corrected chi connectivity index (χ2v) is 6.10. The van der Waals surface area contributed by atoms with Gasteiger partial charge in [0.15, 0.2) is 5.78 Å². The number of benzene rings is 1. The predicted octanol–water partition coefficient (Wildman–Crippen LogP) is 3.18. The zero-order valence-corrected chi connectivity index (χ0v) is 13.2. The van der Waals surface area contributed by atoms with Crippen LogP contribution in [0.5, 0.6) is 0 Å². The van der Waals surface area contributed by atoms with Crippen molar-refractivity contribution in [3.05, 3.63) is 28.2 Å². The van der Waals surface area contributed by atoms with E-state index in [9.17, 15) is 4.79 Å². The fraction of sp³-hybridized carbons (Fsp3) is 0.533. The van der Waals surface area contributed by atoms with Gasteiger partial charge in [0.05, 0.1) is 0 Å². The van der Waals surface area contributed by atoms with Gasteiger partial charge in [0.1, 0.15) is 0 Å². The molecule has 0 aromatic heterocycles. The number of carbonyl (C=O) groups excluding carboxylic acids is 1. The lowest BCUT2D eigenvalue weighted by molar-refractivity contribution is 0.101. The zero-order chi connectivity index (χ0) is 13.8. The van der Waals surface area contributed by atoms with E-state index in [2.05, 4.69) is 32.8 Å². The number of likely N-dealkylation sites (N-methyl/N-ethyl adjacent to an activating group) is 1. The number of rotatable bonds is 5. The second kappa shape index (κ2) is 6.53. The van der Waals surface area contributed by atoms with Crippen molar-refractivity contribution in [3.63, 3.8) is 0 Å². The maximum Gasteiger partial charge on any atom is 0.161 e. The van der Waals surface area contributed by atoms with Gasteiger partial charge < -0.3 is 9.80 Å². The lowest BCUT2D eigenvalue weighted by Crippen LogP contribution is -2.32. The lowest BCUT2D eigenvalue weighted by atomic mass is 10.1. The number of ketones is 1. The monoisotopic (exact) mass is 324 g/mol. The quantitative estimate of drug-likeness (QED) is 0.777. The topological polar surface area (TPSA) is 23.6 Å². The van der Waals surface area contributed by atoms with Gasteiger partial charge in [0, 0.05) is 35.9 Å². The largest absolute Gasteiger partial charge is 0.373 e. The Labute approximate surface area is 123 Å². The first-order chi connectivity index (χ1) is 9.08. The molecule has 1 aliphatic heterocycles. The molecule has 0 atom stereocenters. The molecule has 1 saturated heterocycles. The van der Waals surface area contributed by atoms with Crippen molar-refractivity contribution in [2.24, 2.45) is 0 Å². The highest BCUT2D eigenvalue weighted by atomic mass is 79.9. The van der Waals surface area contributed by atoms with E-state index < -0.39 is 0 Å². The molecular formula is C15H21BrN2O. The molecule has 0 saturated carbocycles. The van der Waals surface area contributed by atoms with E-state index in [1.807, 2.05) is 18.2 Å². The minimum atomic E-state index is 0.115. The van der Waals surface area contributed by atoms with Crippen LogP contribution in [-0.4, -0.2) is 43.9 Å². The number of halogens is 1. The molecule has 3 nitrogen and oxygen atoms in total. The first kappa shape index (κ1) is 14.5. The summed E-state index contributed by atoms with van der Waals surface area (Å²) in [4.78, 5) is 16.4. The summed E-state index contributed by atoms with van der Waals surface area (Å²) in [5.74, 6) is 0.115. The van der Waals surface area contributed by atoms with Gasteiger partial charge in [-0.05, 0) is 51.1 Å². The van der Waals surface area contributed by atoms with Crippen LogP contribution in [0.2, 0.25) is 0 Å². The van der Waals surface area contributed by atoms with Crippen molar-refractivity contribution in [2.75, 3.05) is 38.1 Å². The molecule has 1 aromatic carbocycles. The van der Waals surface area contributed by atoms with E-state index in [0.29, 0.717) is 0 Å². The molecule has 0 bridgehead atoms. The average Bonchev–Trinajstić information content (AvgIpc) is 2.88. The fourth-order valence-corrected chi connectivity index (χ4v) is 2.90. The van der Waals surface area contributed by atoms with Crippen molar-refractivity contribution >= 4 is 27.4 Å². The van der Waals surface area contributed by atoms with E-state index in [1.54, 1.807) is 6.92 Å². The predicted molar refractivity (Wildman–Crippen MR) is 83.1 cm³/mol. The van der Waals surface area contributed by atoms with Crippen LogP contribution in [0.15, 0.2) is 22.7 Å². The van der Waals surface area contributed by atoms with Crippen LogP contribution in [-0.2, 0) is 0 Å². The number of hydrogen-bond donors (Lipinski definition) is 0. The number of carbonyl (C=O) groups is 1. The van der Waals surface area contributed by atoms with E-state index in [1.165, 1.54) is 25.9 Å². The zero-order valence-electron chi connectivity index (χ0n) is 11.7. The van der Waals surface area contributed by atoms with Crippen molar-refractivity contribution in [1.82, 2.24) is 4.90 Å². The third-order valence-electron chi connectivity index (χ3n) is 3.70. The summed E-state index contributed by atoms with van der Waals surface area (Å²) in [6.07, 6.45) is 2.64. The van der Waals surface area contributed by atoms with Crippen molar-refractivity contribution in [1.29, 1.82) is 0 Å². The summed E-state index contributed by atoms with van der Waals surface area (Å²) in [6.45, 7) is 6.09. The van der Waals surface area contributed by atoms with Gasteiger partial charge in [-0.15, -0.1) is 0 Å². The first-order valence-electron chi connectivity index (χ1n) is 6.82. The number of hydrogen-bond acceptors (Lipinski definition) is 3. The summed E-state index contributed by atoms with van der Waals surface area (Å²) < 4.78 is 0.953. The van der Waals surface area contributed by atoms with Gasteiger partial charge in [0.2, 0.25) is 0 Å². The third-order valence-corrected chi connectivity index (χ3v) is 4.19. The maximum absolute atomic E-state index is 11.7. The smallest absolute Gasteiger partial charge is 0.161 e. The molecular weight excluding hydrogens is 304 g/mol. The average molecular weight is 325 g/mol. The summed E-state index contributed by atoms with van der Waals surface area (Å²) in [6, 6.07) is 5.92. The third kappa shape index (κ3) is 3.80. The van der Waals surface area contributed by atoms with E-state index in [4.69, 9.17) is 0 Å². The Kier molecular flexibility index (Phi) is 4.99. The van der Waals surface area contributed by atoms with Crippen molar-refractivity contribution in [2.45, 2.75) is 19.8 Å². The minimum absolute atomic E-state index is 0.115. The van der Waals surface area contributed by atoms with Crippen LogP contribution in [0.25, 0.3) is 0 Å². The summed E-state index contributed by atoms with van der Waals surface area (Å²) in [5.41, 5.74) is 1.81. The number of anilines is 1. The highest BCUT2D eigenvalue weighted by molar-refractivity contribution is 9.10. The summed E-state index contributed by atoms with van der Waals surface area (Å²) in [7, 11) is 2.06. The Balaban J connectivity index is 2.05. The molecule has 0 spiro atoms. The van der Waals surface area contributed by atoms with Gasteiger partial charge in [-0.2, -0.15) is 0 Å². The molecule has 0 aliphatic carbocycles. The van der Waals surface area contributed by atoms with Crippen LogP contribution in [0.1, 0.15) is 30.1 Å². The minimum Gasteiger partial charge on any atom is -0.373 e.